The van der Waals surface area contributed by atoms with Gasteiger partial charge in [-0.2, -0.15) is 4.31 Å². The molecule has 8 nitrogen and oxygen atoms in total. The summed E-state index contributed by atoms with van der Waals surface area (Å²) in [6, 6.07) is 17.3. The summed E-state index contributed by atoms with van der Waals surface area (Å²) >= 11 is 1.40. The van der Waals surface area contributed by atoms with Crippen molar-refractivity contribution in [3.05, 3.63) is 78.1 Å². The third-order valence-electron chi connectivity index (χ3n) is 5.95. The number of methoxy groups -OCH3 is 1. The van der Waals surface area contributed by atoms with Crippen LogP contribution in [0, 0.1) is 0 Å². The van der Waals surface area contributed by atoms with E-state index in [1.54, 1.807) is 37.4 Å². The van der Waals surface area contributed by atoms with Gasteiger partial charge in [0.2, 0.25) is 10.0 Å². The van der Waals surface area contributed by atoms with E-state index in [4.69, 9.17) is 4.74 Å². The molecule has 5 rings (SSSR count). The average molecular weight is 509 g/mol. The Hall–Kier alpha value is -3.34. The molecular weight excluding hydrogens is 484 g/mol. The predicted octanol–water partition coefficient (Wildman–Crippen LogP) is 4.33. The molecule has 180 valence electrons. The summed E-state index contributed by atoms with van der Waals surface area (Å²) in [7, 11) is -0.392. The van der Waals surface area contributed by atoms with Crippen LogP contribution in [-0.2, 0) is 16.6 Å². The van der Waals surface area contributed by atoms with Crippen LogP contribution in [-0.4, -0.2) is 48.8 Å². The number of pyridine rings is 1. The lowest BCUT2D eigenvalue weighted by atomic mass is 10.2. The topological polar surface area (TPSA) is 92.7 Å². The van der Waals surface area contributed by atoms with Crippen molar-refractivity contribution in [3.63, 3.8) is 0 Å². The Morgan fingerprint density at radius 3 is 2.54 bits per heavy atom. The van der Waals surface area contributed by atoms with Crippen LogP contribution in [0.4, 0.5) is 5.13 Å². The van der Waals surface area contributed by atoms with Crippen LogP contribution in [0.1, 0.15) is 28.9 Å². The minimum absolute atomic E-state index is 0.0628. The summed E-state index contributed by atoms with van der Waals surface area (Å²) < 4.78 is 33.3. The number of carbonyl (C=O) groups is 1. The Kier molecular flexibility index (Phi) is 6.26. The Balaban J connectivity index is 1.48. The lowest BCUT2D eigenvalue weighted by molar-refractivity contribution is 0.0984. The van der Waals surface area contributed by atoms with Gasteiger partial charge in [0.1, 0.15) is 5.75 Å². The van der Waals surface area contributed by atoms with Gasteiger partial charge < -0.3 is 4.74 Å². The van der Waals surface area contributed by atoms with Gasteiger partial charge in [0.25, 0.3) is 5.91 Å². The summed E-state index contributed by atoms with van der Waals surface area (Å²) in [5, 5.41) is 0.522. The molecule has 4 aromatic rings. The van der Waals surface area contributed by atoms with Gasteiger partial charge in [-0.1, -0.05) is 17.4 Å². The third kappa shape index (κ3) is 4.77. The van der Waals surface area contributed by atoms with Gasteiger partial charge in [-0.25, -0.2) is 13.4 Å². The molecule has 35 heavy (non-hydrogen) atoms. The van der Waals surface area contributed by atoms with Crippen molar-refractivity contribution in [2.24, 2.45) is 0 Å². The van der Waals surface area contributed by atoms with Gasteiger partial charge in [0.05, 0.1) is 34.5 Å². The van der Waals surface area contributed by atoms with E-state index in [-0.39, 0.29) is 23.4 Å². The van der Waals surface area contributed by atoms with Gasteiger partial charge in [-0.3, -0.25) is 14.7 Å². The predicted molar refractivity (Wildman–Crippen MR) is 135 cm³/mol. The molecule has 2 aromatic carbocycles. The van der Waals surface area contributed by atoms with E-state index in [1.807, 2.05) is 36.4 Å². The highest BCUT2D eigenvalue weighted by Gasteiger charge is 2.35. The highest BCUT2D eigenvalue weighted by molar-refractivity contribution is 7.89. The van der Waals surface area contributed by atoms with Crippen LogP contribution in [0.2, 0.25) is 0 Å². The first-order valence-corrected chi connectivity index (χ1v) is 13.4. The molecule has 1 amide bonds. The monoisotopic (exact) mass is 508 g/mol. The highest BCUT2D eigenvalue weighted by atomic mass is 32.2. The number of benzene rings is 2. The fourth-order valence-electron chi connectivity index (χ4n) is 3.74. The molecular formula is C25H24N4O4S2. The molecule has 1 saturated carbocycles. The molecule has 1 aliphatic carbocycles. The van der Waals surface area contributed by atoms with E-state index < -0.39 is 10.0 Å². The maximum absolute atomic E-state index is 13.6. The normalized spacial score (nSPS) is 13.8. The Labute approximate surface area is 207 Å². The fourth-order valence-corrected chi connectivity index (χ4v) is 6.10. The number of carbonyl (C=O) groups excluding carboxylic acids is 1. The van der Waals surface area contributed by atoms with Crippen molar-refractivity contribution in [1.29, 1.82) is 0 Å². The van der Waals surface area contributed by atoms with E-state index in [2.05, 4.69) is 9.97 Å². The lowest BCUT2D eigenvalue weighted by Crippen LogP contribution is -2.31. The number of hydrogen-bond acceptors (Lipinski definition) is 7. The van der Waals surface area contributed by atoms with Crippen molar-refractivity contribution in [2.75, 3.05) is 19.1 Å². The third-order valence-corrected chi connectivity index (χ3v) is 8.93. The Morgan fingerprint density at radius 2 is 1.89 bits per heavy atom. The van der Waals surface area contributed by atoms with Crippen LogP contribution in [0.5, 0.6) is 5.75 Å². The SMILES string of the molecule is COc1ccc2sc(N(Cc3ccccn3)C(=O)c3ccc(S(=O)(=O)N(C)C4CC4)cc3)nc2c1. The summed E-state index contributed by atoms with van der Waals surface area (Å²) in [5.74, 6) is 0.395. The van der Waals surface area contributed by atoms with Crippen molar-refractivity contribution in [1.82, 2.24) is 14.3 Å². The zero-order valence-electron chi connectivity index (χ0n) is 19.3. The van der Waals surface area contributed by atoms with Gasteiger partial charge in [0.15, 0.2) is 5.13 Å². The van der Waals surface area contributed by atoms with Crippen LogP contribution in [0.3, 0.4) is 0 Å². The zero-order valence-corrected chi connectivity index (χ0v) is 20.9. The standard InChI is InChI=1S/C25H24N4O4S2/c1-28(19-8-9-19)35(31,32)21-11-6-17(7-12-21)24(30)29(16-18-5-3-4-14-26-18)25-27-22-15-20(33-2)10-13-23(22)34-25/h3-7,10-15,19H,8-9,16H2,1-2H3. The van der Waals surface area contributed by atoms with Crippen LogP contribution in [0.25, 0.3) is 10.2 Å². The molecule has 1 aliphatic rings. The van der Waals surface area contributed by atoms with E-state index in [9.17, 15) is 13.2 Å². The van der Waals surface area contributed by atoms with Crippen molar-refractivity contribution >= 4 is 42.6 Å². The van der Waals surface area contributed by atoms with Crippen molar-refractivity contribution in [3.8, 4) is 5.75 Å². The quantitative estimate of drug-likeness (QED) is 0.352. The van der Waals surface area contributed by atoms with Gasteiger partial charge in [-0.05, 0) is 61.4 Å². The number of sulfonamides is 1. The fraction of sp³-hybridized carbons (Fsp3) is 0.240. The van der Waals surface area contributed by atoms with Crippen molar-refractivity contribution in [2.45, 2.75) is 30.3 Å². The maximum Gasteiger partial charge on any atom is 0.260 e. The molecule has 10 heteroatoms. The lowest BCUT2D eigenvalue weighted by Gasteiger charge is -2.20. The molecule has 0 spiro atoms. The smallest absolute Gasteiger partial charge is 0.260 e. The second kappa shape index (κ2) is 9.37. The van der Waals surface area contributed by atoms with Crippen LogP contribution in [0.15, 0.2) is 71.8 Å². The Morgan fingerprint density at radius 1 is 1.11 bits per heavy atom. The number of hydrogen-bond donors (Lipinski definition) is 0. The molecule has 2 heterocycles. The number of amides is 1. The molecule has 0 aliphatic heterocycles. The number of aromatic nitrogens is 2. The second-order valence-corrected chi connectivity index (χ2v) is 11.3. The molecule has 0 radical (unpaired) electrons. The number of ether oxygens (including phenoxy) is 1. The first kappa shape index (κ1) is 23.4. The minimum Gasteiger partial charge on any atom is -0.497 e. The van der Waals surface area contributed by atoms with E-state index >= 15 is 0 Å². The molecule has 0 unspecified atom stereocenters. The van der Waals surface area contributed by atoms with Gasteiger partial charge in [-0.15, -0.1) is 0 Å². The summed E-state index contributed by atoms with van der Waals surface area (Å²) in [5.41, 5.74) is 1.81. The largest absolute Gasteiger partial charge is 0.497 e. The minimum atomic E-state index is -3.59. The molecule has 0 bridgehead atoms. The summed E-state index contributed by atoms with van der Waals surface area (Å²) in [6.45, 7) is 0.223. The molecule has 0 atom stereocenters. The Bertz CT molecular complexity index is 1470. The average Bonchev–Trinajstić information content (AvgIpc) is 3.65. The van der Waals surface area contributed by atoms with Crippen molar-refractivity contribution < 1.29 is 17.9 Å². The number of nitrogens with zero attached hydrogens (tertiary/aromatic N) is 4. The highest BCUT2D eigenvalue weighted by Crippen LogP contribution is 2.33. The second-order valence-electron chi connectivity index (χ2n) is 8.32. The molecule has 1 fully saturated rings. The van der Waals surface area contributed by atoms with E-state index in [0.29, 0.717) is 22.1 Å². The van der Waals surface area contributed by atoms with Crippen LogP contribution >= 0.6 is 11.3 Å². The first-order valence-electron chi connectivity index (χ1n) is 11.1. The molecule has 0 N–H and O–H groups in total. The molecule has 2 aromatic heterocycles. The zero-order chi connectivity index (χ0) is 24.6. The van der Waals surface area contributed by atoms with Gasteiger partial charge >= 0.3 is 0 Å². The number of thiazole rings is 1. The summed E-state index contributed by atoms with van der Waals surface area (Å²) in [6.07, 6.45) is 3.43. The number of rotatable bonds is 8. The van der Waals surface area contributed by atoms with E-state index in [0.717, 1.165) is 23.1 Å². The first-order chi connectivity index (χ1) is 16.9. The van der Waals surface area contributed by atoms with E-state index in [1.165, 1.54) is 27.8 Å². The number of fused-ring (bicyclic) bond motifs is 1. The molecule has 0 saturated heterocycles. The van der Waals surface area contributed by atoms with Crippen LogP contribution < -0.4 is 9.64 Å². The summed E-state index contributed by atoms with van der Waals surface area (Å²) in [4.78, 5) is 24.4. The maximum atomic E-state index is 13.6. The number of anilines is 1. The van der Waals surface area contributed by atoms with Gasteiger partial charge in [0, 0.05) is 30.9 Å².